The molecule has 1 fully saturated rings. The van der Waals surface area contributed by atoms with Gasteiger partial charge in [-0.1, -0.05) is 12.1 Å². The molecular formula is C18H31IN4O2. The minimum atomic E-state index is 0. The van der Waals surface area contributed by atoms with Crippen LogP contribution in [0, 0.1) is 0 Å². The quantitative estimate of drug-likeness (QED) is 0.292. The van der Waals surface area contributed by atoms with Gasteiger partial charge >= 0.3 is 0 Å². The number of hydrogen-bond donors (Lipinski definition) is 1. The first-order valence-electron chi connectivity index (χ1n) is 8.70. The van der Waals surface area contributed by atoms with Crippen molar-refractivity contribution in [1.82, 2.24) is 10.2 Å². The maximum Gasteiger partial charge on any atom is 0.194 e. The molecule has 1 saturated heterocycles. The van der Waals surface area contributed by atoms with Crippen LogP contribution in [0.1, 0.15) is 13.3 Å². The maximum atomic E-state index is 5.48. The van der Waals surface area contributed by atoms with E-state index in [2.05, 4.69) is 34.2 Å². The molecule has 1 aromatic rings. The molecule has 7 heteroatoms. The zero-order valence-corrected chi connectivity index (χ0v) is 17.9. The highest BCUT2D eigenvalue weighted by Gasteiger charge is 2.21. The minimum absolute atomic E-state index is 0. The molecule has 25 heavy (non-hydrogen) atoms. The Bertz CT molecular complexity index is 520. The summed E-state index contributed by atoms with van der Waals surface area (Å²) in [6.45, 7) is 8.37. The van der Waals surface area contributed by atoms with Gasteiger partial charge in [0.25, 0.3) is 0 Å². The van der Waals surface area contributed by atoms with Crippen LogP contribution in [0.4, 0.5) is 5.69 Å². The van der Waals surface area contributed by atoms with Crippen molar-refractivity contribution >= 4 is 35.6 Å². The van der Waals surface area contributed by atoms with Crippen molar-refractivity contribution in [3.05, 3.63) is 24.3 Å². The number of nitrogens with zero attached hydrogens (tertiary/aromatic N) is 3. The van der Waals surface area contributed by atoms with Crippen LogP contribution < -0.4 is 15.0 Å². The van der Waals surface area contributed by atoms with Gasteiger partial charge in [-0.05, 0) is 25.5 Å². The number of ether oxygens (including phenoxy) is 2. The fourth-order valence-corrected chi connectivity index (χ4v) is 2.87. The third kappa shape index (κ3) is 6.54. The van der Waals surface area contributed by atoms with E-state index in [1.807, 2.05) is 12.1 Å². The fourth-order valence-electron chi connectivity index (χ4n) is 2.87. The molecule has 0 atom stereocenters. The molecule has 6 nitrogen and oxygen atoms in total. The predicted octanol–water partition coefficient (Wildman–Crippen LogP) is 2.44. The zero-order chi connectivity index (χ0) is 17.2. The number of methoxy groups -OCH3 is 2. The second-order valence-corrected chi connectivity index (χ2v) is 5.73. The standard InChI is InChI=1S/C18H30N4O2.HI/c1-4-19-18(20-10-7-15-23-2)22-13-11-21(12-14-22)16-8-5-6-9-17(16)24-3;/h5-6,8-9H,4,7,10-15H2,1-3H3,(H,19,20);1H. The van der Waals surface area contributed by atoms with Gasteiger partial charge in [0.15, 0.2) is 5.96 Å². The maximum absolute atomic E-state index is 5.48. The van der Waals surface area contributed by atoms with Crippen molar-refractivity contribution in [1.29, 1.82) is 0 Å². The Morgan fingerprint density at radius 2 is 1.88 bits per heavy atom. The van der Waals surface area contributed by atoms with Crippen molar-refractivity contribution in [3.8, 4) is 5.75 Å². The van der Waals surface area contributed by atoms with E-state index in [0.29, 0.717) is 0 Å². The third-order valence-electron chi connectivity index (χ3n) is 4.11. The lowest BCUT2D eigenvalue weighted by molar-refractivity contribution is 0.197. The van der Waals surface area contributed by atoms with Crippen LogP contribution in [0.3, 0.4) is 0 Å². The molecule has 0 spiro atoms. The van der Waals surface area contributed by atoms with Crippen LogP contribution in [0.2, 0.25) is 0 Å². The van der Waals surface area contributed by atoms with E-state index in [4.69, 9.17) is 14.5 Å². The highest BCUT2D eigenvalue weighted by atomic mass is 127. The van der Waals surface area contributed by atoms with Crippen molar-refractivity contribution in [3.63, 3.8) is 0 Å². The first-order chi connectivity index (χ1) is 11.8. The van der Waals surface area contributed by atoms with E-state index in [0.717, 1.165) is 64.0 Å². The average Bonchev–Trinajstić information content (AvgIpc) is 2.64. The van der Waals surface area contributed by atoms with Gasteiger partial charge in [0, 0.05) is 53.0 Å². The molecule has 0 aromatic heterocycles. The van der Waals surface area contributed by atoms with Gasteiger partial charge in [-0.15, -0.1) is 24.0 Å². The van der Waals surface area contributed by atoms with E-state index in [1.54, 1.807) is 14.2 Å². The van der Waals surface area contributed by atoms with Crippen LogP contribution in [0.25, 0.3) is 0 Å². The molecule has 142 valence electrons. The zero-order valence-electron chi connectivity index (χ0n) is 15.5. The smallest absolute Gasteiger partial charge is 0.194 e. The number of rotatable bonds is 7. The summed E-state index contributed by atoms with van der Waals surface area (Å²) in [4.78, 5) is 9.43. The summed E-state index contributed by atoms with van der Waals surface area (Å²) in [6, 6.07) is 8.21. The number of nitrogens with one attached hydrogen (secondary N) is 1. The van der Waals surface area contributed by atoms with Gasteiger partial charge < -0.3 is 24.6 Å². The highest BCUT2D eigenvalue weighted by Crippen LogP contribution is 2.28. The molecule has 1 heterocycles. The van der Waals surface area contributed by atoms with Gasteiger partial charge in [0.2, 0.25) is 0 Å². The van der Waals surface area contributed by atoms with E-state index in [9.17, 15) is 0 Å². The lowest BCUT2D eigenvalue weighted by Gasteiger charge is -2.38. The van der Waals surface area contributed by atoms with Gasteiger partial charge in [-0.2, -0.15) is 0 Å². The normalized spacial score (nSPS) is 14.9. The topological polar surface area (TPSA) is 49.3 Å². The van der Waals surface area contributed by atoms with Crippen LogP contribution >= 0.6 is 24.0 Å². The first kappa shape index (κ1) is 21.8. The second kappa shape index (κ2) is 12.2. The number of guanidine groups is 1. The number of hydrogen-bond acceptors (Lipinski definition) is 4. The molecule has 1 aliphatic heterocycles. The Morgan fingerprint density at radius 1 is 1.16 bits per heavy atom. The predicted molar refractivity (Wildman–Crippen MR) is 115 cm³/mol. The number of anilines is 1. The number of aliphatic imine (C=N–C) groups is 1. The van der Waals surface area contributed by atoms with E-state index >= 15 is 0 Å². The number of halogens is 1. The van der Waals surface area contributed by atoms with Crippen molar-refractivity contribution in [2.24, 2.45) is 4.99 Å². The van der Waals surface area contributed by atoms with Gasteiger partial charge in [-0.3, -0.25) is 4.99 Å². The van der Waals surface area contributed by atoms with Crippen LogP contribution in [-0.2, 0) is 4.74 Å². The molecule has 1 aromatic carbocycles. The summed E-state index contributed by atoms with van der Waals surface area (Å²) in [5.41, 5.74) is 1.17. The summed E-state index contributed by atoms with van der Waals surface area (Å²) in [7, 11) is 3.46. The number of para-hydroxylation sites is 2. The van der Waals surface area contributed by atoms with Crippen LogP contribution in [0.15, 0.2) is 29.3 Å². The Kier molecular flexibility index (Phi) is 10.6. The molecule has 2 rings (SSSR count). The molecule has 0 bridgehead atoms. The van der Waals surface area contributed by atoms with Crippen LogP contribution in [-0.4, -0.2) is 71.0 Å². The lowest BCUT2D eigenvalue weighted by atomic mass is 10.2. The highest BCUT2D eigenvalue weighted by molar-refractivity contribution is 14.0. The average molecular weight is 462 g/mol. The molecule has 0 amide bonds. The molecule has 0 aliphatic carbocycles. The summed E-state index contributed by atoms with van der Waals surface area (Å²) in [6.07, 6.45) is 0.951. The largest absolute Gasteiger partial charge is 0.495 e. The third-order valence-corrected chi connectivity index (χ3v) is 4.11. The minimum Gasteiger partial charge on any atom is -0.495 e. The molecule has 1 N–H and O–H groups in total. The summed E-state index contributed by atoms with van der Waals surface area (Å²) in [5.74, 6) is 1.94. The van der Waals surface area contributed by atoms with Crippen LogP contribution in [0.5, 0.6) is 5.75 Å². The van der Waals surface area contributed by atoms with Gasteiger partial charge in [0.05, 0.1) is 12.8 Å². The Hall–Kier alpha value is -1.22. The fraction of sp³-hybridized carbons (Fsp3) is 0.611. The van der Waals surface area contributed by atoms with Gasteiger partial charge in [-0.25, -0.2) is 0 Å². The van der Waals surface area contributed by atoms with E-state index in [1.165, 1.54) is 5.69 Å². The van der Waals surface area contributed by atoms with Crippen molar-refractivity contribution in [2.45, 2.75) is 13.3 Å². The van der Waals surface area contributed by atoms with Crippen molar-refractivity contribution in [2.75, 3.05) is 65.0 Å². The summed E-state index contributed by atoms with van der Waals surface area (Å²) >= 11 is 0. The SMILES string of the molecule is CCNC(=NCCCOC)N1CCN(c2ccccc2OC)CC1.I. The monoisotopic (exact) mass is 462 g/mol. The number of benzene rings is 1. The lowest BCUT2D eigenvalue weighted by Crippen LogP contribution is -2.52. The van der Waals surface area contributed by atoms with Crippen molar-refractivity contribution < 1.29 is 9.47 Å². The molecule has 0 unspecified atom stereocenters. The Morgan fingerprint density at radius 3 is 2.52 bits per heavy atom. The Balaban J connectivity index is 0.00000312. The van der Waals surface area contributed by atoms with E-state index in [-0.39, 0.29) is 24.0 Å². The summed E-state index contributed by atoms with van der Waals surface area (Å²) < 4.78 is 10.6. The first-order valence-corrected chi connectivity index (χ1v) is 8.70. The molecular weight excluding hydrogens is 431 g/mol. The molecule has 1 aliphatic rings. The molecule has 0 saturated carbocycles. The second-order valence-electron chi connectivity index (χ2n) is 5.73. The summed E-state index contributed by atoms with van der Waals surface area (Å²) in [5, 5.41) is 3.40. The molecule has 0 radical (unpaired) electrons. The Labute approximate surface area is 168 Å². The van der Waals surface area contributed by atoms with E-state index < -0.39 is 0 Å². The van der Waals surface area contributed by atoms with Gasteiger partial charge in [0.1, 0.15) is 5.75 Å². The number of piperazine rings is 1.